The van der Waals surface area contributed by atoms with Crippen molar-refractivity contribution in [1.29, 1.82) is 0 Å². The fourth-order valence-corrected chi connectivity index (χ4v) is 8.63. The van der Waals surface area contributed by atoms with Crippen LogP contribution in [0.1, 0.15) is 6.85 Å². The molecular formula is C54H36N2. The Bertz CT molecular complexity index is 3500. The highest BCUT2D eigenvalue weighted by Gasteiger charge is 2.23. The first-order chi connectivity index (χ1) is 29.9. The van der Waals surface area contributed by atoms with Crippen LogP contribution in [0, 0.1) is 0 Å². The van der Waals surface area contributed by atoms with E-state index >= 15 is 0 Å². The molecule has 0 aliphatic carbocycles. The number of aromatic amines is 1. The molecule has 0 aliphatic heterocycles. The lowest BCUT2D eigenvalue weighted by molar-refractivity contribution is 1.18. The normalized spacial score (nSPS) is 12.8. The topological polar surface area (TPSA) is 20.7 Å². The van der Waals surface area contributed by atoms with Crippen molar-refractivity contribution in [3.05, 3.63) is 212 Å². The minimum Gasteiger partial charge on any atom is -0.354 e. The third-order valence-electron chi connectivity index (χ3n) is 11.0. The van der Waals surface area contributed by atoms with Crippen LogP contribution in [-0.2, 0) is 0 Å². The predicted molar refractivity (Wildman–Crippen MR) is 237 cm³/mol. The van der Waals surface area contributed by atoms with Crippen molar-refractivity contribution >= 4 is 43.6 Å². The van der Waals surface area contributed by atoms with Crippen LogP contribution in [0.4, 0.5) is 0 Å². The molecule has 0 fully saturated rings. The molecule has 262 valence electrons. The second-order valence-corrected chi connectivity index (χ2v) is 14.1. The molecule has 0 aliphatic rings. The largest absolute Gasteiger partial charge is 0.354 e. The number of rotatable bonds is 6. The van der Waals surface area contributed by atoms with Gasteiger partial charge in [0.1, 0.15) is 0 Å². The Morgan fingerprint density at radius 3 is 1.75 bits per heavy atom. The van der Waals surface area contributed by atoms with E-state index in [9.17, 15) is 0 Å². The van der Waals surface area contributed by atoms with E-state index in [-0.39, 0.29) is 29.7 Å². The average molecular weight is 718 g/mol. The number of hydrogen-bond acceptors (Lipinski definition) is 0. The number of nitrogens with zero attached hydrogens (tertiary/aromatic N) is 1. The zero-order valence-electron chi connectivity index (χ0n) is 35.3. The van der Waals surface area contributed by atoms with Gasteiger partial charge in [-0.2, -0.15) is 0 Å². The smallest absolute Gasteiger partial charge is 0.0629 e. The number of H-pyrrole nitrogens is 1. The van der Waals surface area contributed by atoms with Gasteiger partial charge in [-0.25, -0.2) is 0 Å². The minimum absolute atomic E-state index is 0.177. The molecule has 0 saturated heterocycles. The summed E-state index contributed by atoms with van der Waals surface area (Å²) >= 11 is 0. The number of benzene rings is 9. The molecule has 0 bridgehead atoms. The van der Waals surface area contributed by atoms with E-state index in [4.69, 9.17) is 6.85 Å². The molecule has 0 atom stereocenters. The standard InChI is InChI=1S/C54H36N2/c1-4-17-36(18-5-1)39-23-14-24-40(35-39)43-28-15-27-42(38-21-8-3-9-22-38)54(43)56-49-31-13-11-26-47(49)51-44(29-16-32-50(51)56)45-34-33-41(37-19-6-2-7-20-37)52-46-25-10-12-30-48(46)55-53(45)52/h1-35,55H/i1D,4D,5D,17D,18D. The Balaban J connectivity index is 1.21. The molecule has 0 radical (unpaired) electrons. The zero-order valence-corrected chi connectivity index (χ0v) is 30.3. The van der Waals surface area contributed by atoms with Crippen LogP contribution in [0.2, 0.25) is 0 Å². The molecule has 2 heteroatoms. The molecular weight excluding hydrogens is 677 g/mol. The number of aromatic nitrogens is 2. The summed E-state index contributed by atoms with van der Waals surface area (Å²) in [5, 5.41) is 4.62. The highest BCUT2D eigenvalue weighted by atomic mass is 15.0. The lowest BCUT2D eigenvalue weighted by Gasteiger charge is -2.20. The van der Waals surface area contributed by atoms with Gasteiger partial charge in [0.25, 0.3) is 0 Å². The first kappa shape index (κ1) is 27.2. The minimum atomic E-state index is -0.407. The van der Waals surface area contributed by atoms with Crippen molar-refractivity contribution in [2.45, 2.75) is 0 Å². The van der Waals surface area contributed by atoms with Crippen molar-refractivity contribution in [3.63, 3.8) is 0 Å². The monoisotopic (exact) mass is 717 g/mol. The van der Waals surface area contributed by atoms with Crippen molar-refractivity contribution in [3.8, 4) is 61.3 Å². The molecule has 1 N–H and O–H groups in total. The fourth-order valence-electron chi connectivity index (χ4n) is 8.63. The van der Waals surface area contributed by atoms with Gasteiger partial charge in [-0.3, -0.25) is 0 Å². The Morgan fingerprint density at radius 2 is 0.946 bits per heavy atom. The second-order valence-electron chi connectivity index (χ2n) is 14.1. The number of nitrogens with one attached hydrogen (secondary N) is 1. The lowest BCUT2D eigenvalue weighted by Crippen LogP contribution is -2.01. The highest BCUT2D eigenvalue weighted by molar-refractivity contribution is 6.22. The van der Waals surface area contributed by atoms with Gasteiger partial charge >= 0.3 is 0 Å². The third kappa shape index (κ3) is 5.11. The van der Waals surface area contributed by atoms with Gasteiger partial charge < -0.3 is 9.55 Å². The summed E-state index contributed by atoms with van der Waals surface area (Å²) < 4.78 is 44.9. The summed E-state index contributed by atoms with van der Waals surface area (Å²) in [5.74, 6) is 0. The van der Waals surface area contributed by atoms with Gasteiger partial charge in [0.15, 0.2) is 0 Å². The number of para-hydroxylation sites is 3. The molecule has 11 rings (SSSR count). The van der Waals surface area contributed by atoms with Gasteiger partial charge in [0.05, 0.1) is 29.1 Å². The van der Waals surface area contributed by atoms with Crippen molar-refractivity contribution in [1.82, 2.24) is 9.55 Å². The van der Waals surface area contributed by atoms with E-state index in [1.54, 1.807) is 0 Å². The van der Waals surface area contributed by atoms with Crippen LogP contribution >= 0.6 is 0 Å². The van der Waals surface area contributed by atoms with Gasteiger partial charge in [-0.15, -0.1) is 0 Å². The van der Waals surface area contributed by atoms with Crippen LogP contribution in [0.3, 0.4) is 0 Å². The summed E-state index contributed by atoms with van der Waals surface area (Å²) in [5.41, 5.74) is 14.4. The van der Waals surface area contributed by atoms with Crippen LogP contribution < -0.4 is 0 Å². The first-order valence-electron chi connectivity index (χ1n) is 21.4. The van der Waals surface area contributed by atoms with E-state index in [2.05, 4.69) is 161 Å². The highest BCUT2D eigenvalue weighted by Crippen LogP contribution is 2.46. The number of hydrogen-bond donors (Lipinski definition) is 1. The summed E-state index contributed by atoms with van der Waals surface area (Å²) in [6.45, 7) is 0. The van der Waals surface area contributed by atoms with Gasteiger partial charge in [0.2, 0.25) is 0 Å². The van der Waals surface area contributed by atoms with E-state index in [1.807, 2.05) is 30.3 Å². The van der Waals surface area contributed by atoms with Crippen LogP contribution in [0.25, 0.3) is 105 Å². The van der Waals surface area contributed by atoms with Gasteiger partial charge in [-0.05, 0) is 63.2 Å². The molecule has 0 unspecified atom stereocenters. The van der Waals surface area contributed by atoms with Crippen LogP contribution in [0.5, 0.6) is 0 Å². The van der Waals surface area contributed by atoms with Gasteiger partial charge in [0, 0.05) is 43.8 Å². The Kier molecular flexibility index (Phi) is 6.39. The maximum atomic E-state index is 8.78. The molecule has 0 spiro atoms. The summed E-state index contributed by atoms with van der Waals surface area (Å²) in [7, 11) is 0. The molecule has 0 saturated carbocycles. The molecule has 11 aromatic rings. The van der Waals surface area contributed by atoms with E-state index in [0.717, 1.165) is 71.9 Å². The second kappa shape index (κ2) is 13.2. The van der Waals surface area contributed by atoms with Crippen molar-refractivity contribution < 1.29 is 6.85 Å². The summed E-state index contributed by atoms with van der Waals surface area (Å²) in [6, 6.07) is 61.7. The fraction of sp³-hybridized carbons (Fsp3) is 0. The molecule has 2 aromatic heterocycles. The van der Waals surface area contributed by atoms with Crippen LogP contribution in [-0.4, -0.2) is 9.55 Å². The van der Waals surface area contributed by atoms with Crippen molar-refractivity contribution in [2.24, 2.45) is 0 Å². The van der Waals surface area contributed by atoms with E-state index in [0.29, 0.717) is 5.56 Å². The lowest BCUT2D eigenvalue weighted by atomic mass is 9.92. The molecule has 2 nitrogen and oxygen atoms in total. The quantitative estimate of drug-likeness (QED) is 0.177. The molecule has 0 amide bonds. The molecule has 9 aromatic carbocycles. The number of fused-ring (bicyclic) bond motifs is 6. The van der Waals surface area contributed by atoms with Crippen LogP contribution in [0.15, 0.2) is 212 Å². The predicted octanol–water partition coefficient (Wildman–Crippen LogP) is 14.8. The maximum Gasteiger partial charge on any atom is 0.0629 e. The molecule has 2 heterocycles. The molecule has 56 heavy (non-hydrogen) atoms. The van der Waals surface area contributed by atoms with Gasteiger partial charge in [-0.1, -0.05) is 188 Å². The summed E-state index contributed by atoms with van der Waals surface area (Å²) in [4.78, 5) is 3.84. The zero-order chi connectivity index (χ0) is 41.4. The first-order valence-corrected chi connectivity index (χ1v) is 18.9. The Hall–Kier alpha value is -7.42. The average Bonchev–Trinajstić information content (AvgIpc) is 3.87. The Morgan fingerprint density at radius 1 is 0.375 bits per heavy atom. The van der Waals surface area contributed by atoms with Crippen molar-refractivity contribution in [2.75, 3.05) is 0 Å². The Labute approximate surface area is 332 Å². The summed E-state index contributed by atoms with van der Waals surface area (Å²) in [6.07, 6.45) is 0. The SMILES string of the molecule is [2H]c1c([2H])c([2H])c(-c2cccc(-c3cccc(-c4ccccc4)c3-n3c4ccccc4c4c(-c5ccc(-c6ccccc6)c6c5[nH]c5ccccc56)cccc43)c2)c([2H])c1[2H]. The third-order valence-corrected chi connectivity index (χ3v) is 11.0. The maximum absolute atomic E-state index is 8.78. The van der Waals surface area contributed by atoms with E-state index < -0.39 is 6.04 Å². The van der Waals surface area contributed by atoms with E-state index in [1.165, 1.54) is 21.9 Å².